The summed E-state index contributed by atoms with van der Waals surface area (Å²) in [5.41, 5.74) is 0. The first-order chi connectivity index (χ1) is 11.6. The van der Waals surface area contributed by atoms with Crippen LogP contribution >= 0.6 is 0 Å². The molecule has 1 aromatic rings. The van der Waals surface area contributed by atoms with E-state index in [9.17, 15) is 8.42 Å². The third kappa shape index (κ3) is 3.84. The lowest BCUT2D eigenvalue weighted by molar-refractivity contribution is 0.170. The first-order valence-electron chi connectivity index (χ1n) is 8.73. The van der Waals surface area contributed by atoms with Crippen molar-refractivity contribution in [3.8, 4) is 11.5 Å². The van der Waals surface area contributed by atoms with Crippen LogP contribution in [-0.2, 0) is 10.0 Å². The predicted octanol–water partition coefficient (Wildman–Crippen LogP) is 1.95. The predicted molar refractivity (Wildman–Crippen MR) is 92.2 cm³/mol. The van der Waals surface area contributed by atoms with Crippen molar-refractivity contribution >= 4 is 10.0 Å². The van der Waals surface area contributed by atoms with Gasteiger partial charge in [-0.3, -0.25) is 0 Å². The maximum atomic E-state index is 12.9. The van der Waals surface area contributed by atoms with E-state index in [0.717, 1.165) is 19.6 Å². The molecule has 134 valence electrons. The van der Waals surface area contributed by atoms with Crippen molar-refractivity contribution in [2.75, 3.05) is 45.9 Å². The van der Waals surface area contributed by atoms with E-state index in [4.69, 9.17) is 9.47 Å². The van der Waals surface area contributed by atoms with Gasteiger partial charge in [0.15, 0.2) is 11.5 Å². The SMILES string of the molecule is CCCCCN1CCN(S(=O)(=O)c2ccc3c(c2)OCCO3)CC1. The molecule has 24 heavy (non-hydrogen) atoms. The number of fused-ring (bicyclic) bond motifs is 1. The number of unbranched alkanes of at least 4 members (excludes halogenated alkanes) is 2. The smallest absolute Gasteiger partial charge is 0.243 e. The zero-order chi connectivity index (χ0) is 17.0. The summed E-state index contributed by atoms with van der Waals surface area (Å²) in [5.74, 6) is 1.13. The number of ether oxygens (including phenoxy) is 2. The van der Waals surface area contributed by atoms with Crippen LogP contribution in [0.2, 0.25) is 0 Å². The van der Waals surface area contributed by atoms with Gasteiger partial charge in [0.25, 0.3) is 0 Å². The Labute approximate surface area is 144 Å². The van der Waals surface area contributed by atoms with Crippen molar-refractivity contribution in [3.05, 3.63) is 18.2 Å². The summed E-state index contributed by atoms with van der Waals surface area (Å²) < 4.78 is 38.2. The molecule has 6 nitrogen and oxygen atoms in total. The van der Waals surface area contributed by atoms with Crippen LogP contribution in [0.1, 0.15) is 26.2 Å². The number of benzene rings is 1. The molecule has 2 aliphatic rings. The van der Waals surface area contributed by atoms with Gasteiger partial charge < -0.3 is 14.4 Å². The van der Waals surface area contributed by atoms with E-state index < -0.39 is 10.0 Å². The van der Waals surface area contributed by atoms with Crippen LogP contribution in [0.15, 0.2) is 23.1 Å². The topological polar surface area (TPSA) is 59.1 Å². The highest BCUT2D eigenvalue weighted by atomic mass is 32.2. The van der Waals surface area contributed by atoms with E-state index in [2.05, 4.69) is 11.8 Å². The molecule has 2 heterocycles. The number of rotatable bonds is 6. The summed E-state index contributed by atoms with van der Waals surface area (Å²) in [7, 11) is -3.47. The Morgan fingerprint density at radius 3 is 2.42 bits per heavy atom. The summed E-state index contributed by atoms with van der Waals surface area (Å²) in [6.07, 6.45) is 3.62. The Kier molecular flexibility index (Phi) is 5.63. The minimum Gasteiger partial charge on any atom is -0.486 e. The molecule has 0 unspecified atom stereocenters. The van der Waals surface area contributed by atoms with E-state index in [1.165, 1.54) is 19.3 Å². The molecule has 0 spiro atoms. The van der Waals surface area contributed by atoms with E-state index in [-0.39, 0.29) is 4.90 Å². The van der Waals surface area contributed by atoms with Gasteiger partial charge in [0, 0.05) is 32.2 Å². The summed E-state index contributed by atoms with van der Waals surface area (Å²) in [6, 6.07) is 4.87. The Morgan fingerprint density at radius 1 is 1.00 bits per heavy atom. The zero-order valence-corrected chi connectivity index (χ0v) is 15.1. The van der Waals surface area contributed by atoms with Crippen molar-refractivity contribution in [2.24, 2.45) is 0 Å². The lowest BCUT2D eigenvalue weighted by Gasteiger charge is -2.34. The normalized spacial score (nSPS) is 19.4. The van der Waals surface area contributed by atoms with Gasteiger partial charge in [-0.2, -0.15) is 4.31 Å². The van der Waals surface area contributed by atoms with Gasteiger partial charge in [-0.15, -0.1) is 0 Å². The maximum absolute atomic E-state index is 12.9. The van der Waals surface area contributed by atoms with Gasteiger partial charge in [-0.1, -0.05) is 19.8 Å². The summed E-state index contributed by atoms with van der Waals surface area (Å²) >= 11 is 0. The fraction of sp³-hybridized carbons (Fsp3) is 0.647. The molecule has 0 radical (unpaired) electrons. The van der Waals surface area contributed by atoms with E-state index in [1.807, 2.05) is 0 Å². The van der Waals surface area contributed by atoms with Crippen LogP contribution < -0.4 is 9.47 Å². The Bertz CT molecular complexity index is 655. The first-order valence-corrected chi connectivity index (χ1v) is 10.2. The van der Waals surface area contributed by atoms with Crippen LogP contribution in [0.25, 0.3) is 0 Å². The van der Waals surface area contributed by atoms with Crippen LogP contribution in [0, 0.1) is 0 Å². The van der Waals surface area contributed by atoms with Crippen LogP contribution in [-0.4, -0.2) is 63.6 Å². The molecule has 1 saturated heterocycles. The van der Waals surface area contributed by atoms with Crippen LogP contribution in [0.3, 0.4) is 0 Å². The van der Waals surface area contributed by atoms with E-state index in [1.54, 1.807) is 22.5 Å². The molecule has 7 heteroatoms. The molecule has 1 fully saturated rings. The molecule has 0 bridgehead atoms. The second-order valence-electron chi connectivity index (χ2n) is 6.26. The first kappa shape index (κ1) is 17.5. The second kappa shape index (κ2) is 7.72. The molecule has 0 amide bonds. The van der Waals surface area contributed by atoms with Gasteiger partial charge in [-0.05, 0) is 25.1 Å². The quantitative estimate of drug-likeness (QED) is 0.731. The number of nitrogens with zero attached hydrogens (tertiary/aromatic N) is 2. The highest BCUT2D eigenvalue weighted by Crippen LogP contribution is 2.33. The minimum absolute atomic E-state index is 0.284. The molecule has 1 aromatic carbocycles. The van der Waals surface area contributed by atoms with Crippen molar-refractivity contribution in [1.29, 1.82) is 0 Å². The number of piperazine rings is 1. The van der Waals surface area contributed by atoms with Crippen molar-refractivity contribution in [3.63, 3.8) is 0 Å². The second-order valence-corrected chi connectivity index (χ2v) is 8.20. The molecule has 0 N–H and O–H groups in total. The summed E-state index contributed by atoms with van der Waals surface area (Å²) in [6.45, 7) is 6.89. The zero-order valence-electron chi connectivity index (χ0n) is 14.2. The molecular weight excluding hydrogens is 328 g/mol. The van der Waals surface area contributed by atoms with Gasteiger partial charge in [0.2, 0.25) is 10.0 Å². The average Bonchev–Trinajstić information content (AvgIpc) is 2.62. The standard InChI is InChI=1S/C17H26N2O4S/c1-2-3-4-7-18-8-10-19(11-9-18)24(20,21)15-5-6-16-17(14-15)23-13-12-22-16/h5-6,14H,2-4,7-13H2,1H3. The summed E-state index contributed by atoms with van der Waals surface area (Å²) in [4.78, 5) is 2.64. The molecule has 0 aromatic heterocycles. The third-order valence-electron chi connectivity index (χ3n) is 4.56. The highest BCUT2D eigenvalue weighted by Gasteiger charge is 2.29. The van der Waals surface area contributed by atoms with Gasteiger partial charge >= 0.3 is 0 Å². The Hall–Kier alpha value is -1.31. The van der Waals surface area contributed by atoms with E-state index in [0.29, 0.717) is 37.8 Å². The minimum atomic E-state index is -3.47. The fourth-order valence-electron chi connectivity index (χ4n) is 3.11. The lowest BCUT2D eigenvalue weighted by atomic mass is 10.2. The molecule has 0 atom stereocenters. The molecule has 0 aliphatic carbocycles. The van der Waals surface area contributed by atoms with Gasteiger partial charge in [0.05, 0.1) is 4.90 Å². The van der Waals surface area contributed by atoms with E-state index >= 15 is 0 Å². The largest absolute Gasteiger partial charge is 0.486 e. The van der Waals surface area contributed by atoms with Crippen LogP contribution in [0.4, 0.5) is 0 Å². The summed E-state index contributed by atoms with van der Waals surface area (Å²) in [5, 5.41) is 0. The number of hydrogen-bond donors (Lipinski definition) is 0. The van der Waals surface area contributed by atoms with Crippen molar-refractivity contribution < 1.29 is 17.9 Å². The van der Waals surface area contributed by atoms with Gasteiger partial charge in [0.1, 0.15) is 13.2 Å². The molecule has 0 saturated carbocycles. The van der Waals surface area contributed by atoms with Crippen LogP contribution in [0.5, 0.6) is 11.5 Å². The average molecular weight is 354 g/mol. The third-order valence-corrected chi connectivity index (χ3v) is 6.46. The molecule has 3 rings (SSSR count). The molecule has 2 aliphatic heterocycles. The number of sulfonamides is 1. The van der Waals surface area contributed by atoms with Gasteiger partial charge in [-0.25, -0.2) is 8.42 Å². The number of hydrogen-bond acceptors (Lipinski definition) is 5. The maximum Gasteiger partial charge on any atom is 0.243 e. The van der Waals surface area contributed by atoms with Crippen molar-refractivity contribution in [2.45, 2.75) is 31.1 Å². The lowest BCUT2D eigenvalue weighted by Crippen LogP contribution is -2.48. The highest BCUT2D eigenvalue weighted by molar-refractivity contribution is 7.89. The Morgan fingerprint density at radius 2 is 1.71 bits per heavy atom. The van der Waals surface area contributed by atoms with Crippen molar-refractivity contribution in [1.82, 2.24) is 9.21 Å². The monoisotopic (exact) mass is 354 g/mol. The fourth-order valence-corrected chi connectivity index (χ4v) is 4.55. The molecular formula is C17H26N2O4S. The Balaban J connectivity index is 1.64.